The average Bonchev–Trinajstić information content (AvgIpc) is 3.01. The van der Waals surface area contributed by atoms with Crippen molar-refractivity contribution < 1.29 is 23.4 Å². The third kappa shape index (κ3) is 4.77. The number of rotatable bonds is 7. The molecule has 3 rings (SSSR count). The van der Waals surface area contributed by atoms with Gasteiger partial charge in [-0.2, -0.15) is 0 Å². The van der Waals surface area contributed by atoms with Gasteiger partial charge in [-0.3, -0.25) is 9.69 Å². The maximum atomic E-state index is 12.2. The normalized spacial score (nSPS) is 18.4. The number of nitrogens with zero attached hydrogens (tertiary/aromatic N) is 1. The molecule has 1 aromatic heterocycles. The Morgan fingerprint density at radius 2 is 2.23 bits per heavy atom. The van der Waals surface area contributed by atoms with E-state index in [-0.39, 0.29) is 25.1 Å². The van der Waals surface area contributed by atoms with Crippen molar-refractivity contribution in [3.63, 3.8) is 0 Å². The van der Waals surface area contributed by atoms with Crippen LogP contribution in [0.3, 0.4) is 0 Å². The highest BCUT2D eigenvalue weighted by Crippen LogP contribution is 2.26. The maximum absolute atomic E-state index is 12.2. The zero-order valence-electron chi connectivity index (χ0n) is 15.7. The van der Waals surface area contributed by atoms with Gasteiger partial charge >= 0.3 is 5.97 Å². The molecule has 1 saturated heterocycles. The molecule has 0 amide bonds. The lowest BCUT2D eigenvalue weighted by Gasteiger charge is -2.33. The highest BCUT2D eigenvalue weighted by molar-refractivity contribution is 5.86. The standard InChI is InChI=1S/C20H27NO5/c1-14(2)10-21-6-7-24-17(11-21)13-26-20(22)8-15-12-25-19-9-16(23-3)4-5-18(15)19/h4-5,9,12,14,17H,6-8,10-11,13H2,1-3H3. The van der Waals surface area contributed by atoms with Crippen LogP contribution in [0.2, 0.25) is 0 Å². The van der Waals surface area contributed by atoms with E-state index in [2.05, 4.69) is 18.7 Å². The van der Waals surface area contributed by atoms with E-state index in [9.17, 15) is 4.79 Å². The highest BCUT2D eigenvalue weighted by atomic mass is 16.6. The maximum Gasteiger partial charge on any atom is 0.310 e. The van der Waals surface area contributed by atoms with E-state index in [4.69, 9.17) is 18.6 Å². The van der Waals surface area contributed by atoms with Crippen LogP contribution in [0.5, 0.6) is 5.75 Å². The molecule has 26 heavy (non-hydrogen) atoms. The number of carbonyl (C=O) groups is 1. The van der Waals surface area contributed by atoms with Crippen molar-refractivity contribution in [1.82, 2.24) is 4.90 Å². The molecule has 0 aliphatic carbocycles. The number of esters is 1. The first kappa shape index (κ1) is 18.7. The van der Waals surface area contributed by atoms with E-state index in [0.717, 1.165) is 36.3 Å². The summed E-state index contributed by atoms with van der Waals surface area (Å²) in [5, 5.41) is 0.903. The largest absolute Gasteiger partial charge is 0.497 e. The Labute approximate surface area is 154 Å². The van der Waals surface area contributed by atoms with Crippen molar-refractivity contribution >= 4 is 16.9 Å². The second kappa shape index (κ2) is 8.56. The Morgan fingerprint density at radius 1 is 1.38 bits per heavy atom. The zero-order valence-corrected chi connectivity index (χ0v) is 15.7. The summed E-state index contributed by atoms with van der Waals surface area (Å²) in [4.78, 5) is 14.6. The molecular weight excluding hydrogens is 334 g/mol. The molecule has 0 N–H and O–H groups in total. The van der Waals surface area contributed by atoms with Crippen molar-refractivity contribution in [2.24, 2.45) is 5.92 Å². The molecule has 0 spiro atoms. The van der Waals surface area contributed by atoms with Crippen LogP contribution in [0.1, 0.15) is 19.4 Å². The van der Waals surface area contributed by atoms with Gasteiger partial charge in [0, 0.05) is 36.7 Å². The van der Waals surface area contributed by atoms with Gasteiger partial charge in [0.25, 0.3) is 0 Å². The number of ether oxygens (including phenoxy) is 3. The molecule has 1 aliphatic rings. The van der Waals surface area contributed by atoms with Crippen LogP contribution in [0.15, 0.2) is 28.9 Å². The van der Waals surface area contributed by atoms with E-state index >= 15 is 0 Å². The summed E-state index contributed by atoms with van der Waals surface area (Å²) in [5.74, 6) is 1.07. The highest BCUT2D eigenvalue weighted by Gasteiger charge is 2.22. The third-order valence-electron chi connectivity index (χ3n) is 4.47. The van der Waals surface area contributed by atoms with E-state index in [0.29, 0.717) is 18.1 Å². The lowest BCUT2D eigenvalue weighted by Crippen LogP contribution is -2.45. The predicted octanol–water partition coefficient (Wildman–Crippen LogP) is 2.88. The molecule has 6 heteroatoms. The summed E-state index contributed by atoms with van der Waals surface area (Å²) in [6, 6.07) is 5.56. The van der Waals surface area contributed by atoms with Gasteiger partial charge < -0.3 is 18.6 Å². The second-order valence-corrected chi connectivity index (χ2v) is 7.13. The minimum atomic E-state index is -0.270. The van der Waals surface area contributed by atoms with E-state index in [1.165, 1.54) is 0 Å². The smallest absolute Gasteiger partial charge is 0.310 e. The lowest BCUT2D eigenvalue weighted by molar-refractivity contribution is -0.149. The van der Waals surface area contributed by atoms with Crippen LogP contribution in [-0.4, -0.2) is 56.9 Å². The van der Waals surface area contributed by atoms with E-state index < -0.39 is 0 Å². The number of methoxy groups -OCH3 is 1. The van der Waals surface area contributed by atoms with Gasteiger partial charge in [-0.05, 0) is 18.1 Å². The summed E-state index contributed by atoms with van der Waals surface area (Å²) < 4.78 is 21.9. The first-order valence-corrected chi connectivity index (χ1v) is 9.09. The van der Waals surface area contributed by atoms with Gasteiger partial charge in [-0.25, -0.2) is 0 Å². The van der Waals surface area contributed by atoms with E-state index in [1.54, 1.807) is 13.4 Å². The van der Waals surface area contributed by atoms with Crippen LogP contribution in [0, 0.1) is 5.92 Å². The first-order valence-electron chi connectivity index (χ1n) is 9.09. The summed E-state index contributed by atoms with van der Waals surface area (Å²) >= 11 is 0. The molecular formula is C20H27NO5. The first-order chi connectivity index (χ1) is 12.5. The van der Waals surface area contributed by atoms with Crippen LogP contribution >= 0.6 is 0 Å². The molecule has 2 heterocycles. The van der Waals surface area contributed by atoms with Crippen LogP contribution < -0.4 is 4.74 Å². The third-order valence-corrected chi connectivity index (χ3v) is 4.47. The molecule has 0 radical (unpaired) electrons. The predicted molar refractivity (Wildman–Crippen MR) is 98.4 cm³/mol. The monoisotopic (exact) mass is 361 g/mol. The molecule has 6 nitrogen and oxygen atoms in total. The van der Waals surface area contributed by atoms with Gasteiger partial charge in [0.2, 0.25) is 0 Å². The fraction of sp³-hybridized carbons (Fsp3) is 0.550. The lowest BCUT2D eigenvalue weighted by atomic mass is 10.1. The van der Waals surface area contributed by atoms with Gasteiger partial charge in [-0.1, -0.05) is 13.8 Å². The fourth-order valence-electron chi connectivity index (χ4n) is 3.28. The molecule has 1 atom stereocenters. The number of hydrogen-bond acceptors (Lipinski definition) is 6. The summed E-state index contributed by atoms with van der Waals surface area (Å²) in [7, 11) is 1.61. The molecule has 1 unspecified atom stereocenters. The molecule has 1 aromatic carbocycles. The summed E-state index contributed by atoms with van der Waals surface area (Å²) in [5.41, 5.74) is 1.52. The zero-order chi connectivity index (χ0) is 18.5. The molecule has 142 valence electrons. The Bertz CT molecular complexity index is 739. The van der Waals surface area contributed by atoms with Crippen molar-refractivity contribution in [1.29, 1.82) is 0 Å². The summed E-state index contributed by atoms with van der Waals surface area (Å²) in [6.45, 7) is 8.16. The van der Waals surface area contributed by atoms with Crippen molar-refractivity contribution in [3.8, 4) is 5.75 Å². The summed E-state index contributed by atoms with van der Waals surface area (Å²) in [6.07, 6.45) is 1.73. The van der Waals surface area contributed by atoms with Crippen molar-refractivity contribution in [2.75, 3.05) is 40.0 Å². The molecule has 0 bridgehead atoms. The fourth-order valence-corrected chi connectivity index (χ4v) is 3.28. The molecule has 2 aromatic rings. The average molecular weight is 361 g/mol. The van der Waals surface area contributed by atoms with Gasteiger partial charge in [0.1, 0.15) is 24.0 Å². The Morgan fingerprint density at radius 3 is 3.00 bits per heavy atom. The van der Waals surface area contributed by atoms with E-state index in [1.807, 2.05) is 18.2 Å². The number of hydrogen-bond donors (Lipinski definition) is 0. The number of benzene rings is 1. The Kier molecular flexibility index (Phi) is 6.16. The number of carbonyl (C=O) groups excluding carboxylic acids is 1. The molecule has 0 saturated carbocycles. The van der Waals surface area contributed by atoms with Crippen molar-refractivity contribution in [2.45, 2.75) is 26.4 Å². The Hall–Kier alpha value is -2.05. The molecule has 1 fully saturated rings. The minimum absolute atomic E-state index is 0.0585. The van der Waals surface area contributed by atoms with Crippen LogP contribution in [0.4, 0.5) is 0 Å². The number of morpholine rings is 1. The van der Waals surface area contributed by atoms with Crippen LogP contribution in [0.25, 0.3) is 11.0 Å². The number of fused-ring (bicyclic) bond motifs is 1. The number of furan rings is 1. The van der Waals surface area contributed by atoms with Gasteiger partial charge in [0.15, 0.2) is 0 Å². The van der Waals surface area contributed by atoms with Crippen LogP contribution in [-0.2, 0) is 20.7 Å². The second-order valence-electron chi connectivity index (χ2n) is 7.13. The van der Waals surface area contributed by atoms with Gasteiger partial charge in [-0.15, -0.1) is 0 Å². The topological polar surface area (TPSA) is 61.1 Å². The minimum Gasteiger partial charge on any atom is -0.497 e. The quantitative estimate of drug-likeness (QED) is 0.707. The SMILES string of the molecule is COc1ccc2c(CC(=O)OCC3CN(CC(C)C)CCO3)coc2c1. The molecule has 1 aliphatic heterocycles. The van der Waals surface area contributed by atoms with Gasteiger partial charge in [0.05, 0.1) is 26.4 Å². The Balaban J connectivity index is 1.51. The van der Waals surface area contributed by atoms with Crippen molar-refractivity contribution in [3.05, 3.63) is 30.0 Å².